The molecule has 0 saturated carbocycles. The van der Waals surface area contributed by atoms with E-state index in [0.29, 0.717) is 39.6 Å². The molecule has 4 aliphatic rings. The lowest BCUT2D eigenvalue weighted by Gasteiger charge is -2.56. The van der Waals surface area contributed by atoms with Crippen LogP contribution in [-0.4, -0.2) is 96.3 Å². The average molecular weight is 589 g/mol. The molecule has 238 valence electrons. The molecular formula is C34H56N2O6. The van der Waals surface area contributed by atoms with Crippen molar-refractivity contribution in [2.24, 2.45) is 0 Å². The van der Waals surface area contributed by atoms with Crippen LogP contribution >= 0.6 is 0 Å². The molecule has 2 atom stereocenters. The molecule has 0 bridgehead atoms. The van der Waals surface area contributed by atoms with E-state index in [-0.39, 0.29) is 34.4 Å². The van der Waals surface area contributed by atoms with E-state index in [4.69, 9.17) is 28.4 Å². The second-order valence-corrected chi connectivity index (χ2v) is 15.8. The molecule has 4 aliphatic heterocycles. The van der Waals surface area contributed by atoms with Gasteiger partial charge in [0.05, 0.1) is 39.6 Å². The molecule has 0 N–H and O–H groups in total. The third-order valence-electron chi connectivity index (χ3n) is 10.4. The highest BCUT2D eigenvalue weighted by Gasteiger charge is 2.56. The number of rotatable bonds is 8. The molecule has 0 aliphatic carbocycles. The molecule has 2 unspecified atom stereocenters. The van der Waals surface area contributed by atoms with Crippen LogP contribution in [0.3, 0.4) is 0 Å². The van der Waals surface area contributed by atoms with Crippen molar-refractivity contribution in [2.45, 2.75) is 140 Å². The number of hydrogen-bond donors (Lipinski definition) is 0. The summed E-state index contributed by atoms with van der Waals surface area (Å²) in [6.07, 6.45) is 3.34. The van der Waals surface area contributed by atoms with Crippen LogP contribution < -0.4 is 0 Å². The van der Waals surface area contributed by atoms with Gasteiger partial charge in [-0.1, -0.05) is 24.3 Å². The van der Waals surface area contributed by atoms with Gasteiger partial charge in [0.1, 0.15) is 12.2 Å². The van der Waals surface area contributed by atoms with Gasteiger partial charge in [-0.25, -0.2) is 0 Å². The van der Waals surface area contributed by atoms with Crippen molar-refractivity contribution in [3.63, 3.8) is 0 Å². The molecule has 5 rings (SSSR count). The van der Waals surface area contributed by atoms with Crippen molar-refractivity contribution in [2.75, 3.05) is 40.5 Å². The van der Waals surface area contributed by atoms with E-state index in [9.17, 15) is 0 Å². The summed E-state index contributed by atoms with van der Waals surface area (Å²) in [5.41, 5.74) is 2.29. The van der Waals surface area contributed by atoms with E-state index in [1.54, 1.807) is 0 Å². The monoisotopic (exact) mass is 588 g/mol. The van der Waals surface area contributed by atoms with E-state index in [1.807, 2.05) is 0 Å². The van der Waals surface area contributed by atoms with Crippen molar-refractivity contribution in [3.8, 4) is 0 Å². The zero-order valence-electron chi connectivity index (χ0n) is 27.9. The normalized spacial score (nSPS) is 31.2. The van der Waals surface area contributed by atoms with E-state index in [0.717, 1.165) is 36.8 Å². The highest BCUT2D eigenvalue weighted by Crippen LogP contribution is 2.48. The van der Waals surface area contributed by atoms with Crippen molar-refractivity contribution in [3.05, 3.63) is 35.4 Å². The minimum Gasteiger partial charge on any atom is -0.374 e. The second-order valence-electron chi connectivity index (χ2n) is 15.8. The summed E-state index contributed by atoms with van der Waals surface area (Å²) in [5.74, 6) is -1.04. The van der Waals surface area contributed by atoms with Gasteiger partial charge in [-0.3, -0.25) is 9.80 Å². The lowest BCUT2D eigenvalue weighted by atomic mass is 9.76. The highest BCUT2D eigenvalue weighted by atomic mass is 16.8. The van der Waals surface area contributed by atoms with Crippen LogP contribution in [0.25, 0.3) is 0 Å². The topological polar surface area (TPSA) is 61.9 Å². The van der Waals surface area contributed by atoms with Crippen molar-refractivity contribution in [1.29, 1.82) is 0 Å². The lowest BCUT2D eigenvalue weighted by Crippen LogP contribution is -2.64. The summed E-state index contributed by atoms with van der Waals surface area (Å²) < 4.78 is 37.7. The largest absolute Gasteiger partial charge is 0.374 e. The predicted molar refractivity (Wildman–Crippen MR) is 163 cm³/mol. The summed E-state index contributed by atoms with van der Waals surface area (Å²) in [7, 11) is 4.40. The Kier molecular flexibility index (Phi) is 8.74. The Bertz CT molecular complexity index is 963. The Labute approximate surface area is 254 Å². The second kappa shape index (κ2) is 11.4. The van der Waals surface area contributed by atoms with Crippen LogP contribution in [0.15, 0.2) is 24.3 Å². The smallest absolute Gasteiger partial charge is 0.172 e. The van der Waals surface area contributed by atoms with Crippen LogP contribution in [0.1, 0.15) is 92.2 Å². The van der Waals surface area contributed by atoms with Crippen molar-refractivity contribution < 1.29 is 28.4 Å². The minimum absolute atomic E-state index is 0.00408. The number of piperidine rings is 2. The first-order valence-corrected chi connectivity index (χ1v) is 15.8. The third kappa shape index (κ3) is 6.76. The highest BCUT2D eigenvalue weighted by molar-refractivity contribution is 5.21. The Balaban J connectivity index is 1.02. The SMILES string of the molecule is CN1C(C)(C)CC2(CC1(C)C)OCC(COCc1ccc(COCC3COC4(CC(C)(C)N(C)C(C)(C)C4)O3)cc1)O2. The van der Waals surface area contributed by atoms with Crippen LogP contribution in [0.5, 0.6) is 0 Å². The van der Waals surface area contributed by atoms with Gasteiger partial charge in [0.2, 0.25) is 0 Å². The van der Waals surface area contributed by atoms with E-state index in [2.05, 4.69) is 104 Å². The summed E-state index contributed by atoms with van der Waals surface area (Å²) in [4.78, 5) is 4.89. The van der Waals surface area contributed by atoms with E-state index in [1.165, 1.54) is 0 Å². The quantitative estimate of drug-likeness (QED) is 0.394. The van der Waals surface area contributed by atoms with E-state index < -0.39 is 11.6 Å². The summed E-state index contributed by atoms with van der Waals surface area (Å²) in [6, 6.07) is 8.45. The molecule has 0 amide bonds. The minimum atomic E-state index is -0.522. The van der Waals surface area contributed by atoms with Gasteiger partial charge < -0.3 is 28.4 Å². The first kappa shape index (κ1) is 32.3. The van der Waals surface area contributed by atoms with E-state index >= 15 is 0 Å². The van der Waals surface area contributed by atoms with Crippen molar-refractivity contribution >= 4 is 0 Å². The fourth-order valence-corrected chi connectivity index (χ4v) is 7.99. The summed E-state index contributed by atoms with van der Waals surface area (Å²) in [6.45, 7) is 21.5. The molecule has 4 fully saturated rings. The lowest BCUT2D eigenvalue weighted by molar-refractivity contribution is -0.244. The Morgan fingerprint density at radius 3 is 1.21 bits per heavy atom. The molecule has 4 saturated heterocycles. The molecule has 42 heavy (non-hydrogen) atoms. The van der Waals surface area contributed by atoms with Crippen molar-refractivity contribution in [1.82, 2.24) is 9.80 Å². The zero-order chi connectivity index (χ0) is 30.6. The number of nitrogens with zero attached hydrogens (tertiary/aromatic N) is 2. The van der Waals surface area contributed by atoms with Crippen LogP contribution in [0.4, 0.5) is 0 Å². The Morgan fingerprint density at radius 1 is 0.595 bits per heavy atom. The van der Waals surface area contributed by atoms with Gasteiger partial charge in [-0.15, -0.1) is 0 Å². The number of likely N-dealkylation sites (tertiary alicyclic amines) is 2. The van der Waals surface area contributed by atoms with Crippen LogP contribution in [-0.2, 0) is 41.6 Å². The molecular weight excluding hydrogens is 532 g/mol. The van der Waals surface area contributed by atoms with Gasteiger partial charge in [0.15, 0.2) is 11.6 Å². The molecule has 1 aromatic rings. The number of benzene rings is 1. The molecule has 0 radical (unpaired) electrons. The van der Waals surface area contributed by atoms with Gasteiger partial charge >= 0.3 is 0 Å². The fraction of sp³-hybridized carbons (Fsp3) is 0.824. The van der Waals surface area contributed by atoms with Crippen LogP contribution in [0.2, 0.25) is 0 Å². The summed E-state index contributed by atoms with van der Waals surface area (Å²) in [5, 5.41) is 0. The number of ether oxygens (including phenoxy) is 6. The molecule has 2 spiro atoms. The van der Waals surface area contributed by atoms with Gasteiger partial charge in [-0.2, -0.15) is 0 Å². The fourth-order valence-electron chi connectivity index (χ4n) is 7.99. The van der Waals surface area contributed by atoms with Gasteiger partial charge in [0.25, 0.3) is 0 Å². The molecule has 8 nitrogen and oxygen atoms in total. The maximum absolute atomic E-state index is 6.50. The maximum Gasteiger partial charge on any atom is 0.172 e. The average Bonchev–Trinajstić information content (AvgIpc) is 3.44. The first-order valence-electron chi connectivity index (χ1n) is 15.8. The number of hydrogen-bond acceptors (Lipinski definition) is 8. The molecule has 0 aromatic heterocycles. The van der Waals surface area contributed by atoms with Gasteiger partial charge in [0, 0.05) is 47.8 Å². The van der Waals surface area contributed by atoms with Crippen LogP contribution in [0, 0.1) is 0 Å². The third-order valence-corrected chi connectivity index (χ3v) is 10.4. The Hall–Kier alpha value is -1.10. The standard InChI is InChI=1S/C34H56N2O6/c1-29(2)21-33(22-30(3,4)35(29)9)39-19-27(41-33)17-37-15-25-11-13-26(14-12-25)16-38-18-28-20-40-34(42-28)23-31(5,6)36(10)32(7,8)24-34/h11-14,27-28H,15-24H2,1-10H3. The maximum atomic E-state index is 6.50. The Morgan fingerprint density at radius 2 is 0.905 bits per heavy atom. The summed E-state index contributed by atoms with van der Waals surface area (Å²) >= 11 is 0. The first-order chi connectivity index (χ1) is 19.5. The van der Waals surface area contributed by atoms with Gasteiger partial charge in [-0.05, 0) is 80.6 Å². The molecule has 8 heteroatoms. The molecule has 4 heterocycles. The predicted octanol–water partition coefficient (Wildman–Crippen LogP) is 5.51. The molecule has 1 aromatic carbocycles. The zero-order valence-corrected chi connectivity index (χ0v) is 27.9.